The second-order valence-electron chi connectivity index (χ2n) is 3.90. The van der Waals surface area contributed by atoms with E-state index in [9.17, 15) is 0 Å². The summed E-state index contributed by atoms with van der Waals surface area (Å²) in [4.78, 5) is -1.50. The van der Waals surface area contributed by atoms with Crippen LogP contribution in [0.4, 0.5) is 0 Å². The molecule has 0 N–H and O–H groups in total. The molecule has 0 spiro atoms. The Morgan fingerprint density at radius 2 is 1.47 bits per heavy atom. The van der Waals surface area contributed by atoms with E-state index < -0.39 is 4.86 Å². The monoisotopic (exact) mass is 336 g/mol. The van der Waals surface area contributed by atoms with Crippen LogP contribution < -0.4 is 0 Å². The molecule has 0 saturated carbocycles. The van der Waals surface area contributed by atoms with E-state index >= 15 is 0 Å². The summed E-state index contributed by atoms with van der Waals surface area (Å²) in [7, 11) is 0. The first-order valence-corrected chi connectivity index (χ1v) is 10.8. The molecule has 2 nitrogen and oxygen atoms in total. The Kier molecular flexibility index (Phi) is 4.76. The summed E-state index contributed by atoms with van der Waals surface area (Å²) in [6.45, 7) is 0. The zero-order valence-corrected chi connectivity index (χ0v) is 12.7. The van der Waals surface area contributed by atoms with Crippen molar-refractivity contribution >= 4 is 31.2 Å². The quantitative estimate of drug-likeness (QED) is 0.591. The van der Waals surface area contributed by atoms with E-state index in [-0.39, 0.29) is 0 Å². The van der Waals surface area contributed by atoms with Gasteiger partial charge in [0.25, 0.3) is 0 Å². The fourth-order valence-corrected chi connectivity index (χ4v) is 4.56. The Bertz CT molecular complexity index is 436. The zero-order valence-electron chi connectivity index (χ0n) is 9.34. The SMILES string of the molecule is ClP(=[Se])(CCc1ccco1)CCc1ccco1. The van der Waals surface area contributed by atoms with E-state index in [0.717, 1.165) is 36.7 Å². The first-order chi connectivity index (χ1) is 8.16. The van der Waals surface area contributed by atoms with Gasteiger partial charge in [-0.2, -0.15) is 0 Å². The third-order valence-corrected chi connectivity index (χ3v) is 7.64. The normalized spacial score (nSPS) is 11.8. The summed E-state index contributed by atoms with van der Waals surface area (Å²) >= 11 is 9.71. The minimum atomic E-state index is -1.50. The van der Waals surface area contributed by atoms with Crippen LogP contribution in [-0.2, 0) is 12.8 Å². The molecule has 0 unspecified atom stereocenters. The Morgan fingerprint density at radius 3 is 1.82 bits per heavy atom. The van der Waals surface area contributed by atoms with E-state index in [4.69, 9.17) is 20.1 Å². The van der Waals surface area contributed by atoms with E-state index in [2.05, 4.69) is 15.1 Å². The van der Waals surface area contributed by atoms with Gasteiger partial charge in [-0.15, -0.1) is 0 Å². The van der Waals surface area contributed by atoms with Gasteiger partial charge in [0, 0.05) is 0 Å². The van der Waals surface area contributed by atoms with Crippen LogP contribution in [0, 0.1) is 0 Å². The van der Waals surface area contributed by atoms with Crippen molar-refractivity contribution < 1.29 is 8.83 Å². The molecule has 92 valence electrons. The number of hydrogen-bond donors (Lipinski definition) is 0. The molecule has 5 heteroatoms. The second-order valence-corrected chi connectivity index (χ2v) is 14.1. The molecule has 0 aromatic carbocycles. The minimum absolute atomic E-state index is 0.898. The summed E-state index contributed by atoms with van der Waals surface area (Å²) in [6, 6.07) is 7.80. The van der Waals surface area contributed by atoms with Gasteiger partial charge in [-0.1, -0.05) is 0 Å². The van der Waals surface area contributed by atoms with Gasteiger partial charge in [0.1, 0.15) is 0 Å². The van der Waals surface area contributed by atoms with Crippen molar-refractivity contribution in [3.05, 3.63) is 48.3 Å². The predicted octanol–water partition coefficient (Wildman–Crippen LogP) is 3.91. The molecule has 2 rings (SSSR count). The molecular formula is C12H14ClO2PSe. The van der Waals surface area contributed by atoms with Crippen LogP contribution in [-0.4, -0.2) is 27.4 Å². The van der Waals surface area contributed by atoms with Gasteiger partial charge in [-0.3, -0.25) is 0 Å². The van der Waals surface area contributed by atoms with Crippen molar-refractivity contribution in [2.75, 3.05) is 12.3 Å². The summed E-state index contributed by atoms with van der Waals surface area (Å²) in [5.41, 5.74) is 0. The number of hydrogen-bond acceptors (Lipinski definition) is 2. The van der Waals surface area contributed by atoms with Crippen molar-refractivity contribution in [1.29, 1.82) is 0 Å². The average molecular weight is 336 g/mol. The van der Waals surface area contributed by atoms with Crippen molar-refractivity contribution in [3.63, 3.8) is 0 Å². The molecule has 0 aliphatic heterocycles. The van der Waals surface area contributed by atoms with Crippen LogP contribution in [0.15, 0.2) is 45.6 Å². The topological polar surface area (TPSA) is 26.3 Å². The summed E-state index contributed by atoms with van der Waals surface area (Å²) in [6.07, 6.45) is 7.12. The summed E-state index contributed by atoms with van der Waals surface area (Å²) in [5.74, 6) is 2.01. The van der Waals surface area contributed by atoms with E-state index in [1.165, 1.54) is 0 Å². The van der Waals surface area contributed by atoms with Crippen LogP contribution in [0.3, 0.4) is 0 Å². The maximum absolute atomic E-state index is 6.54. The number of halogens is 1. The van der Waals surface area contributed by atoms with Crippen LogP contribution in [0.5, 0.6) is 0 Å². The molecule has 0 aliphatic rings. The molecule has 0 radical (unpaired) electrons. The number of rotatable bonds is 6. The molecule has 2 aromatic heterocycles. The van der Waals surface area contributed by atoms with Gasteiger partial charge in [0.2, 0.25) is 0 Å². The fraction of sp³-hybridized carbons (Fsp3) is 0.333. The molecule has 2 heterocycles. The van der Waals surface area contributed by atoms with Crippen LogP contribution in [0.2, 0.25) is 0 Å². The molecule has 0 fully saturated rings. The third-order valence-electron chi connectivity index (χ3n) is 2.54. The molecule has 0 amide bonds. The van der Waals surface area contributed by atoms with Crippen molar-refractivity contribution in [3.8, 4) is 0 Å². The van der Waals surface area contributed by atoms with Gasteiger partial charge in [0.05, 0.1) is 0 Å². The Balaban J connectivity index is 1.80. The number of aryl methyl sites for hydroxylation is 2. The Labute approximate surface area is 113 Å². The van der Waals surface area contributed by atoms with Gasteiger partial charge >= 0.3 is 114 Å². The van der Waals surface area contributed by atoms with Gasteiger partial charge < -0.3 is 0 Å². The first kappa shape index (κ1) is 13.2. The van der Waals surface area contributed by atoms with Gasteiger partial charge in [0.15, 0.2) is 0 Å². The molecule has 2 aromatic rings. The Morgan fingerprint density at radius 1 is 1.00 bits per heavy atom. The van der Waals surface area contributed by atoms with Crippen molar-refractivity contribution in [2.24, 2.45) is 0 Å². The predicted molar refractivity (Wildman–Crippen MR) is 73.1 cm³/mol. The zero-order chi connectivity index (χ0) is 12.1. The van der Waals surface area contributed by atoms with Crippen molar-refractivity contribution in [2.45, 2.75) is 12.8 Å². The molecule has 0 bridgehead atoms. The molecule has 17 heavy (non-hydrogen) atoms. The van der Waals surface area contributed by atoms with Crippen LogP contribution in [0.1, 0.15) is 11.5 Å². The van der Waals surface area contributed by atoms with Crippen molar-refractivity contribution in [1.82, 2.24) is 0 Å². The standard InChI is InChI=1S/C12H14ClO2PSe/c13-16(17,9-5-11-3-1-7-14-11)10-6-12-4-2-8-15-12/h1-4,7-8H,5-6,9-10H2. The van der Waals surface area contributed by atoms with Gasteiger partial charge in [-0.05, 0) is 0 Å². The van der Waals surface area contributed by atoms with E-state index in [1.807, 2.05) is 24.3 Å². The van der Waals surface area contributed by atoms with Gasteiger partial charge in [-0.25, -0.2) is 0 Å². The summed E-state index contributed by atoms with van der Waals surface area (Å²) < 4.78 is 10.6. The van der Waals surface area contributed by atoms with Crippen LogP contribution >= 0.6 is 16.1 Å². The molecule has 0 saturated heterocycles. The maximum atomic E-state index is 6.54. The third kappa shape index (κ3) is 4.52. The number of furan rings is 2. The van der Waals surface area contributed by atoms with E-state index in [1.54, 1.807) is 12.5 Å². The Hall–Kier alpha value is -0.201. The molecule has 0 aliphatic carbocycles. The summed E-state index contributed by atoms with van der Waals surface area (Å²) in [5, 5.41) is 0. The molecule has 0 atom stereocenters. The van der Waals surface area contributed by atoms with E-state index in [0.29, 0.717) is 0 Å². The first-order valence-electron chi connectivity index (χ1n) is 5.48. The average Bonchev–Trinajstić information content (AvgIpc) is 2.97. The van der Waals surface area contributed by atoms with Crippen LogP contribution in [0.25, 0.3) is 0 Å². The fourth-order valence-electron chi connectivity index (χ4n) is 1.58. The molecular weight excluding hydrogens is 322 g/mol. The second kappa shape index (κ2) is 6.11.